The summed E-state index contributed by atoms with van der Waals surface area (Å²) in [5.74, 6) is 2.70. The molecule has 0 fully saturated rings. The Kier molecular flexibility index (Phi) is 7.50. The Morgan fingerprint density at radius 3 is 1.88 bits per heavy atom. The number of allylic oxidation sites excluding steroid dienone is 1. The smallest absolute Gasteiger partial charge is 0.161 e. The minimum atomic E-state index is -0.110. The highest BCUT2D eigenvalue weighted by molar-refractivity contribution is 5.95. The van der Waals surface area contributed by atoms with Crippen LogP contribution in [0, 0.1) is 0 Å². The van der Waals surface area contributed by atoms with Gasteiger partial charge in [-0.3, -0.25) is 0 Å². The summed E-state index contributed by atoms with van der Waals surface area (Å²) in [6.07, 6.45) is 1.93. The predicted molar refractivity (Wildman–Crippen MR) is 165 cm³/mol. The molecule has 0 bridgehead atoms. The molecule has 0 N–H and O–H groups in total. The van der Waals surface area contributed by atoms with Gasteiger partial charge in [-0.15, -0.1) is 0 Å². The second-order valence-corrected chi connectivity index (χ2v) is 9.57. The van der Waals surface area contributed by atoms with Crippen molar-refractivity contribution < 1.29 is 14.2 Å². The molecule has 5 heteroatoms. The van der Waals surface area contributed by atoms with Crippen LogP contribution in [0.5, 0.6) is 17.2 Å². The maximum Gasteiger partial charge on any atom is 0.161 e. The lowest BCUT2D eigenvalue weighted by atomic mass is 9.81. The second kappa shape index (κ2) is 11.8. The molecule has 0 saturated carbocycles. The number of hydrogen-bond acceptors (Lipinski definition) is 5. The molecule has 6 rings (SSSR count). The quantitative estimate of drug-likeness (QED) is 0.147. The van der Waals surface area contributed by atoms with Crippen molar-refractivity contribution in [1.29, 1.82) is 0 Å². The highest BCUT2D eigenvalue weighted by Gasteiger charge is 2.31. The minimum absolute atomic E-state index is 0.110. The molecule has 202 valence electrons. The van der Waals surface area contributed by atoms with Gasteiger partial charge in [-0.05, 0) is 54.1 Å². The van der Waals surface area contributed by atoms with Gasteiger partial charge in [0.2, 0.25) is 0 Å². The zero-order chi connectivity index (χ0) is 28.0. The van der Waals surface area contributed by atoms with Gasteiger partial charge in [0.15, 0.2) is 11.5 Å². The lowest BCUT2D eigenvalue weighted by Crippen LogP contribution is -2.19. The summed E-state index contributed by atoms with van der Waals surface area (Å²) in [6.45, 7) is 0. The maximum atomic E-state index is 6.67. The largest absolute Gasteiger partial charge is 0.493 e. The van der Waals surface area contributed by atoms with Gasteiger partial charge in [0.1, 0.15) is 11.5 Å². The van der Waals surface area contributed by atoms with E-state index in [0.29, 0.717) is 17.3 Å². The van der Waals surface area contributed by atoms with E-state index in [1.54, 1.807) is 14.2 Å². The molecule has 0 spiro atoms. The molecule has 1 heterocycles. The SMILES string of the molecule is COc1ccc(C2=C(C=NN(c3ccccc3)c3ccccc3)C(c3ccccc3)c3ccccc3O2)cc1OC. The summed E-state index contributed by atoms with van der Waals surface area (Å²) >= 11 is 0. The highest BCUT2D eigenvalue weighted by Crippen LogP contribution is 2.46. The third-order valence-corrected chi connectivity index (χ3v) is 7.11. The van der Waals surface area contributed by atoms with Crippen molar-refractivity contribution in [2.24, 2.45) is 5.10 Å². The molecule has 1 unspecified atom stereocenters. The molecule has 1 aliphatic heterocycles. The molecule has 0 amide bonds. The molecule has 1 atom stereocenters. The Hall–Kier alpha value is -5.29. The van der Waals surface area contributed by atoms with Crippen LogP contribution in [0.15, 0.2) is 144 Å². The van der Waals surface area contributed by atoms with Crippen molar-refractivity contribution in [3.63, 3.8) is 0 Å². The number of nitrogens with zero attached hydrogens (tertiary/aromatic N) is 2. The molecule has 5 aromatic carbocycles. The molecule has 5 aromatic rings. The van der Waals surface area contributed by atoms with Crippen LogP contribution in [-0.4, -0.2) is 20.4 Å². The average Bonchev–Trinajstić information content (AvgIpc) is 3.05. The van der Waals surface area contributed by atoms with E-state index in [9.17, 15) is 0 Å². The number of hydrogen-bond donors (Lipinski definition) is 0. The molecule has 1 aliphatic rings. The van der Waals surface area contributed by atoms with Crippen LogP contribution in [0.1, 0.15) is 22.6 Å². The first-order valence-corrected chi connectivity index (χ1v) is 13.5. The lowest BCUT2D eigenvalue weighted by Gasteiger charge is -2.30. The fraction of sp³-hybridized carbons (Fsp3) is 0.0833. The Morgan fingerprint density at radius 1 is 0.659 bits per heavy atom. The van der Waals surface area contributed by atoms with Crippen LogP contribution in [0.2, 0.25) is 0 Å². The monoisotopic (exact) mass is 538 g/mol. The molecule has 41 heavy (non-hydrogen) atoms. The molecule has 0 aliphatic carbocycles. The van der Waals surface area contributed by atoms with E-state index in [1.807, 2.05) is 84.0 Å². The average molecular weight is 539 g/mol. The maximum absolute atomic E-state index is 6.67. The first kappa shape index (κ1) is 26.0. The zero-order valence-corrected chi connectivity index (χ0v) is 23.0. The van der Waals surface area contributed by atoms with Gasteiger partial charge >= 0.3 is 0 Å². The Morgan fingerprint density at radius 2 is 1.24 bits per heavy atom. The van der Waals surface area contributed by atoms with Crippen LogP contribution >= 0.6 is 0 Å². The van der Waals surface area contributed by atoms with Crippen molar-refractivity contribution in [3.05, 3.63) is 156 Å². The van der Waals surface area contributed by atoms with Crippen LogP contribution in [-0.2, 0) is 0 Å². The van der Waals surface area contributed by atoms with Gasteiger partial charge < -0.3 is 14.2 Å². The molecule has 5 nitrogen and oxygen atoms in total. The van der Waals surface area contributed by atoms with E-state index in [-0.39, 0.29) is 5.92 Å². The first-order valence-electron chi connectivity index (χ1n) is 13.5. The number of methoxy groups -OCH3 is 2. The van der Waals surface area contributed by atoms with Crippen molar-refractivity contribution in [3.8, 4) is 17.2 Å². The number of benzene rings is 5. The van der Waals surface area contributed by atoms with Crippen LogP contribution in [0.3, 0.4) is 0 Å². The van der Waals surface area contributed by atoms with E-state index in [2.05, 4.69) is 60.7 Å². The number of hydrazone groups is 1. The van der Waals surface area contributed by atoms with Gasteiger partial charge in [0.05, 0.1) is 31.8 Å². The van der Waals surface area contributed by atoms with Crippen molar-refractivity contribution >= 4 is 23.3 Å². The number of ether oxygens (including phenoxy) is 3. The van der Waals surface area contributed by atoms with E-state index >= 15 is 0 Å². The van der Waals surface area contributed by atoms with Crippen molar-refractivity contribution in [2.45, 2.75) is 5.92 Å². The van der Waals surface area contributed by atoms with Crippen molar-refractivity contribution in [2.75, 3.05) is 19.2 Å². The van der Waals surface area contributed by atoms with Gasteiger partial charge in [-0.1, -0.05) is 84.9 Å². The van der Waals surface area contributed by atoms with E-state index in [4.69, 9.17) is 19.3 Å². The minimum Gasteiger partial charge on any atom is -0.493 e. The zero-order valence-electron chi connectivity index (χ0n) is 23.0. The second-order valence-electron chi connectivity index (χ2n) is 9.57. The lowest BCUT2D eigenvalue weighted by molar-refractivity contribution is 0.354. The fourth-order valence-corrected chi connectivity index (χ4v) is 5.16. The number of fused-ring (bicyclic) bond motifs is 1. The summed E-state index contributed by atoms with van der Waals surface area (Å²) < 4.78 is 17.8. The Labute approximate surface area is 240 Å². The number of para-hydroxylation sites is 3. The van der Waals surface area contributed by atoms with Crippen LogP contribution in [0.4, 0.5) is 11.4 Å². The van der Waals surface area contributed by atoms with E-state index < -0.39 is 0 Å². The molecule has 0 aromatic heterocycles. The van der Waals surface area contributed by atoms with Gasteiger partial charge in [0, 0.05) is 22.6 Å². The summed E-state index contributed by atoms with van der Waals surface area (Å²) in [5, 5.41) is 7.05. The summed E-state index contributed by atoms with van der Waals surface area (Å²) in [7, 11) is 3.27. The highest BCUT2D eigenvalue weighted by atomic mass is 16.5. The Bertz CT molecular complexity index is 1640. The Balaban J connectivity index is 1.58. The molecular formula is C36H30N2O3. The predicted octanol–water partition coefficient (Wildman–Crippen LogP) is 8.46. The van der Waals surface area contributed by atoms with E-state index in [1.165, 1.54) is 0 Å². The van der Waals surface area contributed by atoms with Crippen LogP contribution in [0.25, 0.3) is 5.76 Å². The summed E-state index contributed by atoms with van der Waals surface area (Å²) in [5.41, 5.74) is 5.93. The van der Waals surface area contributed by atoms with Gasteiger partial charge in [0.25, 0.3) is 0 Å². The third kappa shape index (κ3) is 5.30. The van der Waals surface area contributed by atoms with Crippen molar-refractivity contribution in [1.82, 2.24) is 0 Å². The van der Waals surface area contributed by atoms with Crippen LogP contribution < -0.4 is 19.2 Å². The fourth-order valence-electron chi connectivity index (χ4n) is 5.16. The summed E-state index contributed by atoms with van der Waals surface area (Å²) in [4.78, 5) is 0. The topological polar surface area (TPSA) is 43.3 Å². The molecule has 0 radical (unpaired) electrons. The number of rotatable bonds is 8. The van der Waals surface area contributed by atoms with Gasteiger partial charge in [-0.25, -0.2) is 5.01 Å². The molecular weight excluding hydrogens is 508 g/mol. The third-order valence-electron chi connectivity index (χ3n) is 7.11. The number of anilines is 2. The van der Waals surface area contributed by atoms with Gasteiger partial charge in [-0.2, -0.15) is 5.10 Å². The normalized spacial score (nSPS) is 14.3. The van der Waals surface area contributed by atoms with E-state index in [0.717, 1.165) is 39.4 Å². The molecule has 0 saturated heterocycles. The summed E-state index contributed by atoms with van der Waals surface area (Å²) in [6, 6.07) is 44.8. The first-order chi connectivity index (χ1) is 20.3. The standard InChI is InChI=1S/C36H30N2O3/c1-39-33-23-22-27(24-34(33)40-2)36-31(25-37-38(28-16-8-4-9-17-28)29-18-10-5-11-19-29)35(26-14-6-3-7-15-26)30-20-12-13-21-32(30)41-36/h3-25,35H,1-2H3.